The van der Waals surface area contributed by atoms with Crippen molar-refractivity contribution in [3.8, 4) is 0 Å². The molecule has 1 aromatic carbocycles. The summed E-state index contributed by atoms with van der Waals surface area (Å²) >= 11 is 0. The molecule has 0 aromatic heterocycles. The number of alkyl halides is 3. The van der Waals surface area contributed by atoms with Crippen molar-refractivity contribution in [1.29, 1.82) is 0 Å². The minimum absolute atomic E-state index is 0.0484. The Balaban J connectivity index is 1.33. The molecule has 0 spiro atoms. The number of amides is 5. The number of fused-ring (bicyclic) bond motifs is 1. The number of carbonyl (C=O) groups excluding carboxylic acids is 5. The fourth-order valence-electron chi connectivity index (χ4n) is 4.65. The summed E-state index contributed by atoms with van der Waals surface area (Å²) in [4.78, 5) is 64.0. The first kappa shape index (κ1) is 24.7. The minimum atomic E-state index is -4.36. The molecule has 35 heavy (non-hydrogen) atoms. The van der Waals surface area contributed by atoms with Gasteiger partial charge in [-0.05, 0) is 43.4 Å². The second-order valence-electron chi connectivity index (χ2n) is 9.03. The second-order valence-corrected chi connectivity index (χ2v) is 9.03. The lowest BCUT2D eigenvalue weighted by atomic mass is 9.96. The number of carbonyl (C=O) groups is 5. The van der Waals surface area contributed by atoms with E-state index < -0.39 is 54.6 Å². The van der Waals surface area contributed by atoms with Crippen molar-refractivity contribution in [3.05, 3.63) is 29.3 Å². The number of anilines is 1. The molecule has 9 nitrogen and oxygen atoms in total. The molecule has 12 heteroatoms. The fourth-order valence-corrected chi connectivity index (χ4v) is 4.65. The van der Waals surface area contributed by atoms with Gasteiger partial charge in [-0.25, -0.2) is 0 Å². The summed E-state index contributed by atoms with van der Waals surface area (Å²) in [5.41, 5.74) is 1.15. The smallest absolute Gasteiger partial charge is 0.371 e. The summed E-state index contributed by atoms with van der Waals surface area (Å²) in [5.74, 6) is -2.73. The fraction of sp³-hybridized carbons (Fsp3) is 0.522. The Labute approximate surface area is 199 Å². The Morgan fingerprint density at radius 3 is 2.37 bits per heavy atom. The largest absolute Gasteiger partial charge is 0.389 e. The van der Waals surface area contributed by atoms with Gasteiger partial charge < -0.3 is 10.2 Å². The van der Waals surface area contributed by atoms with Gasteiger partial charge in [0.15, 0.2) is 0 Å². The highest BCUT2D eigenvalue weighted by molar-refractivity contribution is 6.23. The van der Waals surface area contributed by atoms with Gasteiger partial charge in [0, 0.05) is 38.2 Å². The molecule has 3 heterocycles. The average molecular weight is 494 g/mol. The first-order valence-electron chi connectivity index (χ1n) is 11.5. The molecule has 188 valence electrons. The number of hydrogen-bond acceptors (Lipinski definition) is 6. The number of nitrogens with one attached hydrogen (secondary N) is 2. The third-order valence-electron chi connectivity index (χ3n) is 6.63. The van der Waals surface area contributed by atoms with Gasteiger partial charge in [0.05, 0.1) is 17.5 Å². The lowest BCUT2D eigenvalue weighted by Crippen LogP contribution is -2.54. The molecule has 3 aliphatic rings. The molecule has 5 amide bonds. The van der Waals surface area contributed by atoms with Crippen LogP contribution in [0, 0.1) is 5.92 Å². The maximum atomic E-state index is 13.0. The maximum Gasteiger partial charge on any atom is 0.389 e. The Morgan fingerprint density at radius 2 is 1.71 bits per heavy atom. The zero-order valence-electron chi connectivity index (χ0n) is 18.8. The third kappa shape index (κ3) is 5.46. The van der Waals surface area contributed by atoms with E-state index in [9.17, 15) is 37.1 Å². The number of nitrogens with zero attached hydrogens (tertiary/aromatic N) is 2. The van der Waals surface area contributed by atoms with E-state index in [2.05, 4.69) is 10.6 Å². The lowest BCUT2D eigenvalue weighted by Gasteiger charge is -2.34. The number of benzene rings is 1. The molecule has 1 aromatic rings. The molecule has 0 bridgehead atoms. The number of hydrogen-bond donors (Lipinski definition) is 2. The van der Waals surface area contributed by atoms with Crippen LogP contribution in [0.15, 0.2) is 18.2 Å². The van der Waals surface area contributed by atoms with Crippen molar-refractivity contribution < 1.29 is 37.1 Å². The molecule has 4 rings (SSSR count). The Bertz CT molecular complexity index is 1070. The van der Waals surface area contributed by atoms with E-state index in [1.807, 2.05) is 4.90 Å². The first-order chi connectivity index (χ1) is 16.5. The van der Waals surface area contributed by atoms with Crippen molar-refractivity contribution in [2.45, 2.75) is 50.7 Å². The Kier molecular flexibility index (Phi) is 6.82. The molecule has 2 fully saturated rings. The van der Waals surface area contributed by atoms with E-state index in [0.29, 0.717) is 32.5 Å². The van der Waals surface area contributed by atoms with Crippen LogP contribution >= 0.6 is 0 Å². The van der Waals surface area contributed by atoms with Gasteiger partial charge in [0.2, 0.25) is 17.7 Å². The molecule has 0 aliphatic carbocycles. The topological polar surface area (TPSA) is 116 Å². The summed E-state index contributed by atoms with van der Waals surface area (Å²) in [6, 6.07) is 3.90. The van der Waals surface area contributed by atoms with Gasteiger partial charge in [0.25, 0.3) is 11.8 Å². The molecule has 2 N–H and O–H groups in total. The van der Waals surface area contributed by atoms with Gasteiger partial charge in [-0.2, -0.15) is 13.2 Å². The summed E-state index contributed by atoms with van der Waals surface area (Å²) in [7, 11) is 0. The van der Waals surface area contributed by atoms with Crippen molar-refractivity contribution in [1.82, 2.24) is 15.5 Å². The molecular formula is C23H25F3N4O5. The van der Waals surface area contributed by atoms with Gasteiger partial charge in [-0.15, -0.1) is 0 Å². The molecule has 0 saturated carbocycles. The molecule has 2 saturated heterocycles. The van der Waals surface area contributed by atoms with Gasteiger partial charge in [-0.3, -0.25) is 34.2 Å². The molecule has 3 aliphatic heterocycles. The van der Waals surface area contributed by atoms with E-state index in [1.165, 1.54) is 0 Å². The van der Waals surface area contributed by atoms with E-state index in [-0.39, 0.29) is 29.9 Å². The number of rotatable bonds is 6. The summed E-state index contributed by atoms with van der Waals surface area (Å²) in [5, 5.41) is 4.73. The molecular weight excluding hydrogens is 469 g/mol. The highest BCUT2D eigenvalue weighted by Crippen LogP contribution is 2.32. The quantitative estimate of drug-likeness (QED) is 0.583. The predicted molar refractivity (Wildman–Crippen MR) is 116 cm³/mol. The molecule has 0 radical (unpaired) electrons. The van der Waals surface area contributed by atoms with Crippen LogP contribution in [-0.2, 0) is 14.4 Å². The van der Waals surface area contributed by atoms with Crippen LogP contribution < -0.4 is 15.5 Å². The number of piperidine rings is 2. The molecule has 1 unspecified atom stereocenters. The number of halogens is 3. The monoisotopic (exact) mass is 494 g/mol. The second kappa shape index (κ2) is 9.67. The highest BCUT2D eigenvalue weighted by atomic mass is 19.4. The lowest BCUT2D eigenvalue weighted by molar-refractivity contribution is -0.144. The zero-order chi connectivity index (χ0) is 25.3. The van der Waals surface area contributed by atoms with Gasteiger partial charge in [0.1, 0.15) is 6.04 Å². The van der Waals surface area contributed by atoms with E-state index in [1.54, 1.807) is 18.2 Å². The van der Waals surface area contributed by atoms with E-state index in [4.69, 9.17) is 0 Å². The van der Waals surface area contributed by atoms with Crippen LogP contribution in [-0.4, -0.2) is 66.3 Å². The Hall–Kier alpha value is -3.44. The average Bonchev–Trinajstić information content (AvgIpc) is 3.06. The summed E-state index contributed by atoms with van der Waals surface area (Å²) < 4.78 is 36.7. The Morgan fingerprint density at radius 1 is 1.03 bits per heavy atom. The highest BCUT2D eigenvalue weighted by Gasteiger charge is 2.44. The predicted octanol–water partition coefficient (Wildman–Crippen LogP) is 1.76. The van der Waals surface area contributed by atoms with Crippen LogP contribution in [0.5, 0.6) is 0 Å². The van der Waals surface area contributed by atoms with Gasteiger partial charge in [-0.1, -0.05) is 0 Å². The third-order valence-corrected chi connectivity index (χ3v) is 6.63. The van der Waals surface area contributed by atoms with Crippen LogP contribution in [0.4, 0.5) is 18.9 Å². The van der Waals surface area contributed by atoms with Crippen LogP contribution in [0.2, 0.25) is 0 Å². The van der Waals surface area contributed by atoms with E-state index >= 15 is 0 Å². The van der Waals surface area contributed by atoms with Crippen LogP contribution in [0.25, 0.3) is 0 Å². The van der Waals surface area contributed by atoms with Crippen molar-refractivity contribution in [3.63, 3.8) is 0 Å². The van der Waals surface area contributed by atoms with Gasteiger partial charge >= 0.3 is 6.18 Å². The normalized spacial score (nSPS) is 21.3. The summed E-state index contributed by atoms with van der Waals surface area (Å²) in [6.45, 7) is 1.53. The van der Waals surface area contributed by atoms with Crippen LogP contribution in [0.3, 0.4) is 0 Å². The number of imide groups is 2. The first-order valence-corrected chi connectivity index (χ1v) is 11.5. The van der Waals surface area contributed by atoms with Crippen molar-refractivity contribution in [2.24, 2.45) is 5.92 Å². The van der Waals surface area contributed by atoms with E-state index in [0.717, 1.165) is 10.6 Å². The zero-order valence-corrected chi connectivity index (χ0v) is 18.8. The SMILES string of the molecule is O=C(CCC(F)(F)F)NCC1CCN(c2ccc3c(c2)C(=O)N(C2CCC(=O)NC2=O)C3=O)CC1. The minimum Gasteiger partial charge on any atom is -0.371 e. The summed E-state index contributed by atoms with van der Waals surface area (Å²) in [6.07, 6.45) is -4.55. The maximum absolute atomic E-state index is 13.0. The molecule has 1 atom stereocenters. The van der Waals surface area contributed by atoms with Crippen LogP contribution in [0.1, 0.15) is 59.2 Å². The van der Waals surface area contributed by atoms with Crippen molar-refractivity contribution >= 4 is 35.2 Å². The van der Waals surface area contributed by atoms with Crippen molar-refractivity contribution in [2.75, 3.05) is 24.5 Å². The standard InChI is InChI=1S/C23H25F3N4O5/c24-23(25,26)8-5-18(31)27-12-13-6-9-29(10-7-13)14-1-2-15-16(11-14)22(35)30(21(15)34)17-3-4-19(32)28-20(17)33/h1-2,11,13,17H,3-10,12H2,(H,27,31)(H,28,32,33).